The van der Waals surface area contributed by atoms with Gasteiger partial charge in [0.2, 0.25) is 0 Å². The molecule has 0 aliphatic carbocycles. The molecule has 3 heterocycles. The Bertz CT molecular complexity index is 781. The van der Waals surface area contributed by atoms with Crippen molar-refractivity contribution >= 4 is 11.8 Å². The van der Waals surface area contributed by atoms with Crippen molar-refractivity contribution in [3.63, 3.8) is 0 Å². The second kappa shape index (κ2) is 6.52. The molecule has 1 aromatic carbocycles. The van der Waals surface area contributed by atoms with E-state index < -0.39 is 5.97 Å². The molecule has 25 heavy (non-hydrogen) atoms. The number of carboxylic acids is 1. The lowest BCUT2D eigenvalue weighted by Crippen LogP contribution is -2.33. The smallest absolute Gasteiger partial charge is 0.335 e. The van der Waals surface area contributed by atoms with Crippen molar-refractivity contribution in [2.75, 3.05) is 25.0 Å². The zero-order chi connectivity index (χ0) is 17.4. The Morgan fingerprint density at radius 1 is 1.32 bits per heavy atom. The summed E-state index contributed by atoms with van der Waals surface area (Å²) in [6, 6.07) is 7.34. The van der Waals surface area contributed by atoms with Crippen molar-refractivity contribution in [1.29, 1.82) is 0 Å². The molecule has 1 aromatic heterocycles. The van der Waals surface area contributed by atoms with Gasteiger partial charge in [-0.15, -0.1) is 0 Å². The Balaban J connectivity index is 1.74. The molecular formula is C19H24N4O2. The maximum atomic E-state index is 11.1. The van der Waals surface area contributed by atoms with E-state index in [1.165, 1.54) is 24.1 Å². The van der Waals surface area contributed by atoms with Gasteiger partial charge >= 0.3 is 5.97 Å². The average molecular weight is 340 g/mol. The molecule has 2 aliphatic heterocycles. The minimum atomic E-state index is -0.906. The molecule has 2 aromatic rings. The van der Waals surface area contributed by atoms with Crippen molar-refractivity contribution in [3.05, 3.63) is 41.1 Å². The number of rotatable bonds is 4. The number of likely N-dealkylation sites (tertiary alicyclic amines) is 1. The first kappa shape index (κ1) is 16.1. The van der Waals surface area contributed by atoms with E-state index in [2.05, 4.69) is 17.1 Å². The maximum absolute atomic E-state index is 11.1. The van der Waals surface area contributed by atoms with Gasteiger partial charge in [0, 0.05) is 12.1 Å². The van der Waals surface area contributed by atoms with Gasteiger partial charge in [-0.05, 0) is 56.6 Å². The number of nitrogens with one attached hydrogen (secondary N) is 1. The first-order chi connectivity index (χ1) is 12.2. The van der Waals surface area contributed by atoms with Gasteiger partial charge in [-0.25, -0.2) is 9.48 Å². The summed E-state index contributed by atoms with van der Waals surface area (Å²) in [5, 5.41) is 17.5. The molecule has 1 saturated heterocycles. The Kier molecular flexibility index (Phi) is 4.21. The third kappa shape index (κ3) is 2.80. The van der Waals surface area contributed by atoms with Crippen LogP contribution in [0.2, 0.25) is 0 Å². The van der Waals surface area contributed by atoms with Crippen LogP contribution in [0.5, 0.6) is 0 Å². The van der Waals surface area contributed by atoms with Crippen LogP contribution in [0.3, 0.4) is 0 Å². The fourth-order valence-corrected chi connectivity index (χ4v) is 4.08. The van der Waals surface area contributed by atoms with Crippen LogP contribution in [-0.4, -0.2) is 45.4 Å². The number of hydrogen-bond acceptors (Lipinski definition) is 4. The molecule has 0 amide bonds. The summed E-state index contributed by atoms with van der Waals surface area (Å²) in [5.74, 6) is 0.163. The SMILES string of the molecule is CCN1CCCCC1c1nn(-c2ccc(C(=O)O)cc2)c2c1CCN2. The molecule has 0 saturated carbocycles. The molecule has 0 bridgehead atoms. The highest BCUT2D eigenvalue weighted by Gasteiger charge is 2.31. The largest absolute Gasteiger partial charge is 0.478 e. The predicted molar refractivity (Wildman–Crippen MR) is 96.6 cm³/mol. The fraction of sp³-hybridized carbons (Fsp3) is 0.474. The number of benzene rings is 1. The molecule has 1 unspecified atom stereocenters. The number of fused-ring (bicyclic) bond motifs is 1. The number of hydrogen-bond donors (Lipinski definition) is 2. The number of anilines is 1. The van der Waals surface area contributed by atoms with Crippen LogP contribution in [0.4, 0.5) is 5.82 Å². The normalized spacial score (nSPS) is 20.3. The third-order valence-corrected chi connectivity index (χ3v) is 5.38. The summed E-state index contributed by atoms with van der Waals surface area (Å²) in [6.07, 6.45) is 4.69. The standard InChI is InChI=1S/C19H24N4O2/c1-2-22-12-4-3-5-16(22)17-15-10-11-20-18(15)23(21-17)14-8-6-13(7-9-14)19(24)25/h6-9,16,20H,2-5,10-12H2,1H3,(H,24,25). The third-order valence-electron chi connectivity index (χ3n) is 5.38. The van der Waals surface area contributed by atoms with Crippen molar-refractivity contribution in [2.24, 2.45) is 0 Å². The lowest BCUT2D eigenvalue weighted by molar-refractivity contribution is 0.0697. The van der Waals surface area contributed by atoms with E-state index in [0.29, 0.717) is 11.6 Å². The number of piperidine rings is 1. The zero-order valence-corrected chi connectivity index (χ0v) is 14.5. The van der Waals surface area contributed by atoms with Crippen LogP contribution in [0.25, 0.3) is 5.69 Å². The molecule has 6 heteroatoms. The second-order valence-electron chi connectivity index (χ2n) is 6.79. The van der Waals surface area contributed by atoms with Gasteiger partial charge in [-0.2, -0.15) is 5.10 Å². The Labute approximate surface area is 147 Å². The molecule has 1 atom stereocenters. The molecule has 2 aliphatic rings. The predicted octanol–water partition coefficient (Wildman–Crippen LogP) is 3.09. The Hall–Kier alpha value is -2.34. The van der Waals surface area contributed by atoms with Gasteiger partial charge in [0.1, 0.15) is 5.82 Å². The summed E-state index contributed by atoms with van der Waals surface area (Å²) in [5.41, 5.74) is 3.72. The van der Waals surface area contributed by atoms with Crippen LogP contribution in [-0.2, 0) is 6.42 Å². The van der Waals surface area contributed by atoms with E-state index >= 15 is 0 Å². The summed E-state index contributed by atoms with van der Waals surface area (Å²) >= 11 is 0. The van der Waals surface area contributed by atoms with Gasteiger partial charge in [0.25, 0.3) is 0 Å². The minimum absolute atomic E-state index is 0.296. The summed E-state index contributed by atoms with van der Waals surface area (Å²) < 4.78 is 1.95. The van der Waals surface area contributed by atoms with Crippen LogP contribution >= 0.6 is 0 Å². The topological polar surface area (TPSA) is 70.4 Å². The van der Waals surface area contributed by atoms with Gasteiger partial charge < -0.3 is 10.4 Å². The molecule has 6 nitrogen and oxygen atoms in total. The molecule has 132 valence electrons. The zero-order valence-electron chi connectivity index (χ0n) is 14.5. The van der Waals surface area contributed by atoms with Gasteiger partial charge in [0.05, 0.1) is 23.0 Å². The number of aromatic carboxylic acids is 1. The monoisotopic (exact) mass is 340 g/mol. The molecule has 0 spiro atoms. The molecule has 1 fully saturated rings. The Morgan fingerprint density at radius 2 is 2.12 bits per heavy atom. The molecule has 4 rings (SSSR count). The molecule has 0 radical (unpaired) electrons. The van der Waals surface area contributed by atoms with E-state index in [0.717, 1.165) is 44.0 Å². The molecular weight excluding hydrogens is 316 g/mol. The lowest BCUT2D eigenvalue weighted by atomic mass is 9.96. The van der Waals surface area contributed by atoms with Crippen LogP contribution in [0, 0.1) is 0 Å². The summed E-state index contributed by atoms with van der Waals surface area (Å²) in [4.78, 5) is 13.6. The minimum Gasteiger partial charge on any atom is -0.478 e. The summed E-state index contributed by atoms with van der Waals surface area (Å²) in [7, 11) is 0. The Morgan fingerprint density at radius 3 is 2.84 bits per heavy atom. The highest BCUT2D eigenvalue weighted by molar-refractivity contribution is 5.87. The van der Waals surface area contributed by atoms with E-state index in [-0.39, 0.29) is 0 Å². The van der Waals surface area contributed by atoms with E-state index in [9.17, 15) is 4.79 Å². The average Bonchev–Trinajstić information content (AvgIpc) is 3.24. The fourth-order valence-electron chi connectivity index (χ4n) is 4.08. The summed E-state index contributed by atoms with van der Waals surface area (Å²) in [6.45, 7) is 5.35. The lowest BCUT2D eigenvalue weighted by Gasteiger charge is -2.34. The van der Waals surface area contributed by atoms with Gasteiger partial charge in [-0.1, -0.05) is 13.3 Å². The van der Waals surface area contributed by atoms with Crippen LogP contribution < -0.4 is 5.32 Å². The number of aromatic nitrogens is 2. The van der Waals surface area contributed by atoms with E-state index in [1.807, 2.05) is 16.8 Å². The molecule has 2 N–H and O–H groups in total. The van der Waals surface area contributed by atoms with Crippen molar-refractivity contribution < 1.29 is 9.90 Å². The second-order valence-corrected chi connectivity index (χ2v) is 6.79. The van der Waals surface area contributed by atoms with Crippen molar-refractivity contribution in [2.45, 2.75) is 38.6 Å². The van der Waals surface area contributed by atoms with Crippen molar-refractivity contribution in [3.8, 4) is 5.69 Å². The number of carbonyl (C=O) groups is 1. The van der Waals surface area contributed by atoms with Crippen molar-refractivity contribution in [1.82, 2.24) is 14.7 Å². The van der Waals surface area contributed by atoms with E-state index in [1.54, 1.807) is 12.1 Å². The van der Waals surface area contributed by atoms with Crippen LogP contribution in [0.1, 0.15) is 53.8 Å². The van der Waals surface area contributed by atoms with Crippen LogP contribution in [0.15, 0.2) is 24.3 Å². The quantitative estimate of drug-likeness (QED) is 0.895. The number of carboxylic acid groups (broad SMARTS) is 1. The number of nitrogens with zero attached hydrogens (tertiary/aromatic N) is 3. The first-order valence-electron chi connectivity index (χ1n) is 9.12. The van der Waals surface area contributed by atoms with Gasteiger partial charge in [-0.3, -0.25) is 4.90 Å². The first-order valence-corrected chi connectivity index (χ1v) is 9.12. The highest BCUT2D eigenvalue weighted by Crippen LogP contribution is 2.37. The van der Waals surface area contributed by atoms with E-state index in [4.69, 9.17) is 10.2 Å². The highest BCUT2D eigenvalue weighted by atomic mass is 16.4. The van der Waals surface area contributed by atoms with Gasteiger partial charge in [0.15, 0.2) is 0 Å². The maximum Gasteiger partial charge on any atom is 0.335 e.